The van der Waals surface area contributed by atoms with Crippen molar-refractivity contribution < 1.29 is 9.59 Å². The topological polar surface area (TPSA) is 46.2 Å². The molecule has 0 fully saturated rings. The van der Waals surface area contributed by atoms with Gasteiger partial charge in [0.25, 0.3) is 0 Å². The van der Waals surface area contributed by atoms with Gasteiger partial charge in [-0.2, -0.15) is 11.3 Å². The first-order valence-electron chi connectivity index (χ1n) is 5.11. The van der Waals surface area contributed by atoms with Crippen LogP contribution < -0.4 is 5.32 Å². The summed E-state index contributed by atoms with van der Waals surface area (Å²) in [5.74, 6) is -0.123. The fourth-order valence-corrected chi connectivity index (χ4v) is 2.10. The largest absolute Gasteiger partial charge is 0.326 e. The Bertz CT molecular complexity index is 529. The Hall–Kier alpha value is -1.94. The average Bonchev–Trinajstić information content (AvgIpc) is 2.82. The van der Waals surface area contributed by atoms with Crippen molar-refractivity contribution in [2.24, 2.45) is 0 Å². The van der Waals surface area contributed by atoms with Gasteiger partial charge in [0.2, 0.25) is 5.91 Å². The van der Waals surface area contributed by atoms with Crippen molar-refractivity contribution in [3.05, 3.63) is 52.2 Å². The summed E-state index contributed by atoms with van der Waals surface area (Å²) in [7, 11) is 0. The summed E-state index contributed by atoms with van der Waals surface area (Å²) in [5, 5.41) is 6.35. The van der Waals surface area contributed by atoms with E-state index in [1.165, 1.54) is 18.3 Å². The lowest BCUT2D eigenvalue weighted by molar-refractivity contribution is -0.114. The molecule has 0 aliphatic carbocycles. The highest BCUT2D eigenvalue weighted by atomic mass is 32.1. The maximum Gasteiger partial charge on any atom is 0.221 e. The number of thiophene rings is 1. The zero-order valence-electron chi connectivity index (χ0n) is 9.27. The van der Waals surface area contributed by atoms with Crippen LogP contribution in [0.2, 0.25) is 0 Å². The smallest absolute Gasteiger partial charge is 0.221 e. The normalized spacial score (nSPS) is 9.94. The molecule has 1 aromatic heterocycles. The lowest BCUT2D eigenvalue weighted by atomic mass is 10.1. The second kappa shape index (κ2) is 4.93. The number of nitrogens with one attached hydrogen (secondary N) is 1. The molecule has 0 unspecified atom stereocenters. The molecule has 0 saturated carbocycles. The van der Waals surface area contributed by atoms with Crippen molar-refractivity contribution in [1.29, 1.82) is 0 Å². The number of amides is 1. The molecule has 0 atom stereocenters. The summed E-state index contributed by atoms with van der Waals surface area (Å²) in [4.78, 5) is 22.8. The van der Waals surface area contributed by atoms with Gasteiger partial charge in [-0.05, 0) is 35.7 Å². The summed E-state index contributed by atoms with van der Waals surface area (Å²) in [6.45, 7) is 1.45. The van der Waals surface area contributed by atoms with E-state index in [0.717, 1.165) is 0 Å². The highest BCUT2D eigenvalue weighted by molar-refractivity contribution is 7.08. The maximum absolute atomic E-state index is 12.0. The van der Waals surface area contributed by atoms with Crippen LogP contribution in [0.1, 0.15) is 22.8 Å². The van der Waals surface area contributed by atoms with E-state index < -0.39 is 0 Å². The van der Waals surface area contributed by atoms with Crippen LogP contribution in [0.5, 0.6) is 0 Å². The number of carbonyl (C=O) groups is 2. The van der Waals surface area contributed by atoms with Crippen molar-refractivity contribution in [3.63, 3.8) is 0 Å². The Balaban J connectivity index is 2.18. The molecule has 1 amide bonds. The molecule has 1 heterocycles. The van der Waals surface area contributed by atoms with E-state index in [1.807, 2.05) is 10.8 Å². The van der Waals surface area contributed by atoms with E-state index in [1.54, 1.807) is 30.3 Å². The molecule has 0 aliphatic heterocycles. The van der Waals surface area contributed by atoms with E-state index in [4.69, 9.17) is 0 Å². The molecule has 86 valence electrons. The molecule has 1 N–H and O–H groups in total. The third kappa shape index (κ3) is 2.79. The van der Waals surface area contributed by atoms with Gasteiger partial charge in [-0.15, -0.1) is 0 Å². The molecule has 1 aromatic carbocycles. The Morgan fingerprint density at radius 1 is 1.06 bits per heavy atom. The minimum absolute atomic E-state index is 0.000579. The summed E-state index contributed by atoms with van der Waals surface area (Å²) < 4.78 is 0. The van der Waals surface area contributed by atoms with Crippen LogP contribution >= 0.6 is 11.3 Å². The van der Waals surface area contributed by atoms with Crippen LogP contribution in [0.25, 0.3) is 0 Å². The molecular formula is C13H11NO2S. The van der Waals surface area contributed by atoms with E-state index >= 15 is 0 Å². The SMILES string of the molecule is CC(=O)Nc1ccc(C(=O)c2ccsc2)cc1. The number of benzene rings is 1. The van der Waals surface area contributed by atoms with E-state index in [9.17, 15) is 9.59 Å². The maximum atomic E-state index is 12.0. The molecular weight excluding hydrogens is 234 g/mol. The van der Waals surface area contributed by atoms with Crippen molar-refractivity contribution in [2.75, 3.05) is 5.32 Å². The predicted octanol–water partition coefficient (Wildman–Crippen LogP) is 2.94. The fourth-order valence-electron chi connectivity index (χ4n) is 1.47. The fraction of sp³-hybridized carbons (Fsp3) is 0.0769. The summed E-state index contributed by atoms with van der Waals surface area (Å²) >= 11 is 1.50. The van der Waals surface area contributed by atoms with Crippen molar-refractivity contribution in [3.8, 4) is 0 Å². The van der Waals surface area contributed by atoms with Crippen LogP contribution in [0.15, 0.2) is 41.1 Å². The molecule has 2 rings (SSSR count). The molecule has 0 aliphatic rings. The van der Waals surface area contributed by atoms with Gasteiger partial charge in [0.1, 0.15) is 0 Å². The second-order valence-corrected chi connectivity index (χ2v) is 4.38. The standard InChI is InChI=1S/C13H11NO2S/c1-9(15)14-12-4-2-10(3-5-12)13(16)11-6-7-17-8-11/h2-8H,1H3,(H,14,15). The molecule has 3 nitrogen and oxygen atoms in total. The zero-order valence-corrected chi connectivity index (χ0v) is 10.1. The quantitative estimate of drug-likeness (QED) is 0.845. The highest BCUT2D eigenvalue weighted by Gasteiger charge is 2.08. The monoisotopic (exact) mass is 245 g/mol. The lowest BCUT2D eigenvalue weighted by Gasteiger charge is -2.03. The molecule has 0 saturated heterocycles. The van der Waals surface area contributed by atoms with Gasteiger partial charge in [0.05, 0.1) is 0 Å². The van der Waals surface area contributed by atoms with Gasteiger partial charge in [0, 0.05) is 29.1 Å². The van der Waals surface area contributed by atoms with Crippen LogP contribution in [0.4, 0.5) is 5.69 Å². The molecule has 0 radical (unpaired) electrons. The predicted molar refractivity (Wildman–Crippen MR) is 68.5 cm³/mol. The number of hydrogen-bond acceptors (Lipinski definition) is 3. The molecule has 17 heavy (non-hydrogen) atoms. The first-order chi connectivity index (χ1) is 8.16. The molecule has 0 bridgehead atoms. The Labute approximate surface area is 103 Å². The summed E-state index contributed by atoms with van der Waals surface area (Å²) in [5.41, 5.74) is 2.01. The Morgan fingerprint density at radius 2 is 1.76 bits per heavy atom. The number of ketones is 1. The van der Waals surface area contributed by atoms with Gasteiger partial charge in [0.15, 0.2) is 5.78 Å². The third-order valence-corrected chi connectivity index (χ3v) is 2.93. The van der Waals surface area contributed by atoms with Crippen LogP contribution in [-0.2, 0) is 4.79 Å². The molecule has 4 heteroatoms. The van der Waals surface area contributed by atoms with Gasteiger partial charge < -0.3 is 5.32 Å². The van der Waals surface area contributed by atoms with Gasteiger partial charge >= 0.3 is 0 Å². The number of hydrogen-bond donors (Lipinski definition) is 1. The molecule has 0 spiro atoms. The first-order valence-corrected chi connectivity index (χ1v) is 6.05. The van der Waals surface area contributed by atoms with E-state index in [2.05, 4.69) is 5.32 Å². The Kier molecular flexibility index (Phi) is 3.35. The number of carbonyl (C=O) groups excluding carboxylic acids is 2. The van der Waals surface area contributed by atoms with Crippen molar-refractivity contribution in [2.45, 2.75) is 6.92 Å². The number of rotatable bonds is 3. The van der Waals surface area contributed by atoms with Crippen LogP contribution in [-0.4, -0.2) is 11.7 Å². The zero-order chi connectivity index (χ0) is 12.3. The van der Waals surface area contributed by atoms with E-state index in [-0.39, 0.29) is 11.7 Å². The van der Waals surface area contributed by atoms with Gasteiger partial charge in [-0.25, -0.2) is 0 Å². The summed E-state index contributed by atoms with van der Waals surface area (Å²) in [6, 6.07) is 8.67. The van der Waals surface area contributed by atoms with Crippen LogP contribution in [0.3, 0.4) is 0 Å². The third-order valence-electron chi connectivity index (χ3n) is 2.25. The van der Waals surface area contributed by atoms with Crippen molar-refractivity contribution >= 4 is 28.7 Å². The summed E-state index contributed by atoms with van der Waals surface area (Å²) in [6.07, 6.45) is 0. The van der Waals surface area contributed by atoms with Crippen LogP contribution in [0, 0.1) is 0 Å². The minimum Gasteiger partial charge on any atom is -0.326 e. The van der Waals surface area contributed by atoms with E-state index in [0.29, 0.717) is 16.8 Å². The highest BCUT2D eigenvalue weighted by Crippen LogP contribution is 2.15. The Morgan fingerprint density at radius 3 is 2.29 bits per heavy atom. The van der Waals surface area contributed by atoms with Gasteiger partial charge in [-0.3, -0.25) is 9.59 Å². The van der Waals surface area contributed by atoms with Crippen molar-refractivity contribution in [1.82, 2.24) is 0 Å². The second-order valence-electron chi connectivity index (χ2n) is 3.60. The minimum atomic E-state index is -0.123. The molecule has 2 aromatic rings. The first kappa shape index (κ1) is 11.5. The number of anilines is 1. The lowest BCUT2D eigenvalue weighted by Crippen LogP contribution is -2.06. The van der Waals surface area contributed by atoms with Gasteiger partial charge in [-0.1, -0.05) is 0 Å². The average molecular weight is 245 g/mol.